The highest BCUT2D eigenvalue weighted by Gasteiger charge is 2.26. The zero-order valence-corrected chi connectivity index (χ0v) is 10.3. The molecular formula is C12H21N5. The van der Waals surface area contributed by atoms with Crippen molar-refractivity contribution in [3.05, 3.63) is 5.82 Å². The third kappa shape index (κ3) is 2.34. The molecule has 0 radical (unpaired) electrons. The second kappa shape index (κ2) is 5.12. The second-order valence-electron chi connectivity index (χ2n) is 5.30. The van der Waals surface area contributed by atoms with E-state index in [2.05, 4.69) is 25.5 Å². The summed E-state index contributed by atoms with van der Waals surface area (Å²) in [5, 5.41) is 15.8. The van der Waals surface area contributed by atoms with Crippen molar-refractivity contribution < 1.29 is 0 Å². The van der Waals surface area contributed by atoms with Gasteiger partial charge in [0.25, 0.3) is 0 Å². The van der Waals surface area contributed by atoms with E-state index in [1.807, 2.05) is 0 Å². The number of tetrazole rings is 1. The maximum Gasteiger partial charge on any atom is 0.154 e. The van der Waals surface area contributed by atoms with Crippen LogP contribution >= 0.6 is 0 Å². The van der Waals surface area contributed by atoms with Crippen LogP contribution in [0, 0.1) is 0 Å². The van der Waals surface area contributed by atoms with Crippen LogP contribution < -0.4 is 5.32 Å². The first kappa shape index (κ1) is 11.1. The van der Waals surface area contributed by atoms with Crippen molar-refractivity contribution in [3.63, 3.8) is 0 Å². The molecular weight excluding hydrogens is 214 g/mol. The molecule has 1 aliphatic carbocycles. The fourth-order valence-electron chi connectivity index (χ4n) is 3.14. The van der Waals surface area contributed by atoms with Gasteiger partial charge in [-0.1, -0.05) is 19.3 Å². The molecule has 1 aromatic rings. The number of nitrogens with one attached hydrogen (secondary N) is 1. The third-order valence-corrected chi connectivity index (χ3v) is 4.14. The SMILES string of the molecule is C1CCC(c2nnnn2C2CCNCC2)CC1. The Balaban J connectivity index is 1.77. The number of rotatable bonds is 2. The number of hydrogen-bond donors (Lipinski definition) is 1. The summed E-state index contributed by atoms with van der Waals surface area (Å²) in [6.07, 6.45) is 8.91. The minimum Gasteiger partial charge on any atom is -0.317 e. The summed E-state index contributed by atoms with van der Waals surface area (Å²) in [6, 6.07) is 0.517. The van der Waals surface area contributed by atoms with E-state index in [4.69, 9.17) is 0 Å². The lowest BCUT2D eigenvalue weighted by atomic mass is 9.88. The maximum atomic E-state index is 4.30. The Morgan fingerprint density at radius 1 is 1.00 bits per heavy atom. The fraction of sp³-hybridized carbons (Fsp3) is 0.917. The van der Waals surface area contributed by atoms with Gasteiger partial charge in [0.15, 0.2) is 5.82 Å². The van der Waals surface area contributed by atoms with Crippen molar-refractivity contribution in [1.29, 1.82) is 0 Å². The van der Waals surface area contributed by atoms with E-state index < -0.39 is 0 Å². The van der Waals surface area contributed by atoms with Gasteiger partial charge in [-0.2, -0.15) is 0 Å². The maximum absolute atomic E-state index is 4.30. The highest BCUT2D eigenvalue weighted by molar-refractivity contribution is 4.97. The molecule has 1 saturated heterocycles. The summed E-state index contributed by atoms with van der Waals surface area (Å²) in [4.78, 5) is 0. The van der Waals surface area contributed by atoms with Gasteiger partial charge in [0.05, 0.1) is 6.04 Å². The van der Waals surface area contributed by atoms with Crippen molar-refractivity contribution >= 4 is 0 Å². The van der Waals surface area contributed by atoms with Gasteiger partial charge in [-0.25, -0.2) is 4.68 Å². The smallest absolute Gasteiger partial charge is 0.154 e. The van der Waals surface area contributed by atoms with Gasteiger partial charge in [-0.3, -0.25) is 0 Å². The highest BCUT2D eigenvalue weighted by Crippen LogP contribution is 2.32. The molecule has 1 saturated carbocycles. The molecule has 0 spiro atoms. The lowest BCUT2D eigenvalue weighted by Gasteiger charge is -2.26. The first-order valence-corrected chi connectivity index (χ1v) is 6.93. The zero-order chi connectivity index (χ0) is 11.5. The lowest BCUT2D eigenvalue weighted by Crippen LogP contribution is -2.31. The van der Waals surface area contributed by atoms with E-state index in [1.54, 1.807) is 0 Å². The number of piperidine rings is 1. The quantitative estimate of drug-likeness (QED) is 0.846. The fourth-order valence-corrected chi connectivity index (χ4v) is 3.14. The molecule has 0 aromatic carbocycles. The summed E-state index contributed by atoms with van der Waals surface area (Å²) in [6.45, 7) is 2.18. The number of aromatic nitrogens is 4. The first-order valence-electron chi connectivity index (χ1n) is 6.93. The lowest BCUT2D eigenvalue weighted by molar-refractivity contribution is 0.313. The van der Waals surface area contributed by atoms with Crippen LogP contribution in [0.3, 0.4) is 0 Å². The molecule has 5 nitrogen and oxygen atoms in total. The summed E-state index contributed by atoms with van der Waals surface area (Å²) in [5.74, 6) is 1.75. The number of nitrogens with zero attached hydrogens (tertiary/aromatic N) is 4. The summed E-state index contributed by atoms with van der Waals surface area (Å²) in [5.41, 5.74) is 0. The van der Waals surface area contributed by atoms with Crippen LogP contribution in [0.1, 0.15) is 62.7 Å². The summed E-state index contributed by atoms with van der Waals surface area (Å²) in [7, 11) is 0. The van der Waals surface area contributed by atoms with E-state index in [0.29, 0.717) is 12.0 Å². The average molecular weight is 235 g/mol. The summed E-state index contributed by atoms with van der Waals surface area (Å²) < 4.78 is 2.12. The molecule has 2 heterocycles. The largest absolute Gasteiger partial charge is 0.317 e. The van der Waals surface area contributed by atoms with Crippen LogP contribution in [-0.2, 0) is 0 Å². The first-order chi connectivity index (χ1) is 8.45. The van der Waals surface area contributed by atoms with Crippen molar-refractivity contribution in [2.45, 2.75) is 56.9 Å². The van der Waals surface area contributed by atoms with Gasteiger partial charge in [0.2, 0.25) is 0 Å². The molecule has 1 aromatic heterocycles. The molecule has 0 bridgehead atoms. The van der Waals surface area contributed by atoms with E-state index in [0.717, 1.165) is 31.8 Å². The van der Waals surface area contributed by atoms with Gasteiger partial charge in [0, 0.05) is 5.92 Å². The van der Waals surface area contributed by atoms with E-state index >= 15 is 0 Å². The van der Waals surface area contributed by atoms with E-state index in [-0.39, 0.29) is 0 Å². The van der Waals surface area contributed by atoms with Crippen LogP contribution in [0.2, 0.25) is 0 Å². The van der Waals surface area contributed by atoms with Crippen molar-refractivity contribution in [3.8, 4) is 0 Å². The molecule has 2 fully saturated rings. The van der Waals surface area contributed by atoms with E-state index in [1.165, 1.54) is 32.1 Å². The van der Waals surface area contributed by atoms with Crippen molar-refractivity contribution in [1.82, 2.24) is 25.5 Å². The number of hydrogen-bond acceptors (Lipinski definition) is 4. The Kier molecular flexibility index (Phi) is 3.36. The summed E-state index contributed by atoms with van der Waals surface area (Å²) >= 11 is 0. The molecule has 2 aliphatic rings. The van der Waals surface area contributed by atoms with Crippen molar-refractivity contribution in [2.24, 2.45) is 0 Å². The van der Waals surface area contributed by atoms with Crippen molar-refractivity contribution in [2.75, 3.05) is 13.1 Å². The van der Waals surface area contributed by atoms with Gasteiger partial charge in [0.1, 0.15) is 0 Å². The second-order valence-corrected chi connectivity index (χ2v) is 5.30. The normalized spacial score (nSPS) is 24.0. The van der Waals surface area contributed by atoms with Gasteiger partial charge < -0.3 is 5.32 Å². The molecule has 5 heteroatoms. The van der Waals surface area contributed by atoms with Crippen LogP contribution in [0.25, 0.3) is 0 Å². The molecule has 1 aliphatic heterocycles. The predicted molar refractivity (Wildman–Crippen MR) is 64.8 cm³/mol. The molecule has 1 N–H and O–H groups in total. The van der Waals surface area contributed by atoms with Gasteiger partial charge in [-0.05, 0) is 49.2 Å². The molecule has 3 rings (SSSR count). The Morgan fingerprint density at radius 2 is 1.76 bits per heavy atom. The van der Waals surface area contributed by atoms with Gasteiger partial charge >= 0.3 is 0 Å². The van der Waals surface area contributed by atoms with Crippen LogP contribution in [0.4, 0.5) is 0 Å². The minimum atomic E-state index is 0.517. The van der Waals surface area contributed by atoms with Crippen LogP contribution in [-0.4, -0.2) is 33.3 Å². The Bertz CT molecular complexity index is 317. The van der Waals surface area contributed by atoms with Gasteiger partial charge in [-0.15, -0.1) is 5.10 Å². The molecule has 0 unspecified atom stereocenters. The zero-order valence-electron chi connectivity index (χ0n) is 10.3. The molecule has 0 amide bonds. The molecule has 17 heavy (non-hydrogen) atoms. The molecule has 94 valence electrons. The molecule has 0 atom stereocenters. The standard InChI is InChI=1S/C12H21N5/c1-2-4-10(5-3-1)12-14-15-16-17(12)11-6-8-13-9-7-11/h10-11,13H,1-9H2. The van der Waals surface area contributed by atoms with Crippen LogP contribution in [0.15, 0.2) is 0 Å². The monoisotopic (exact) mass is 235 g/mol. The van der Waals surface area contributed by atoms with E-state index in [9.17, 15) is 0 Å². The van der Waals surface area contributed by atoms with Crippen LogP contribution in [0.5, 0.6) is 0 Å². The topological polar surface area (TPSA) is 55.6 Å². The predicted octanol–water partition coefficient (Wildman–Crippen LogP) is 1.65. The third-order valence-electron chi connectivity index (χ3n) is 4.14. The highest BCUT2D eigenvalue weighted by atomic mass is 15.6. The Morgan fingerprint density at radius 3 is 2.53 bits per heavy atom. The Labute approximate surface area is 102 Å². The minimum absolute atomic E-state index is 0.517. The average Bonchev–Trinajstić information content (AvgIpc) is 2.90. The Hall–Kier alpha value is -0.970.